The number of hydrogen-bond acceptors (Lipinski definition) is 3. The molecular formula is C23H23NO3. The zero-order valence-corrected chi connectivity index (χ0v) is 16.3. The van der Waals surface area contributed by atoms with E-state index in [1.807, 2.05) is 38.1 Å². The van der Waals surface area contributed by atoms with E-state index in [1.165, 1.54) is 5.56 Å². The Kier molecular flexibility index (Phi) is 3.77. The molecule has 1 aliphatic rings. The second-order valence-corrected chi connectivity index (χ2v) is 8.41. The van der Waals surface area contributed by atoms with Gasteiger partial charge in [0.15, 0.2) is 5.43 Å². The Morgan fingerprint density at radius 3 is 2.30 bits per heavy atom. The summed E-state index contributed by atoms with van der Waals surface area (Å²) in [5.41, 5.74) is 4.72. The average molecular weight is 361 g/mol. The number of carbonyl (C=O) groups excluding carboxylic acids is 1. The summed E-state index contributed by atoms with van der Waals surface area (Å²) in [4.78, 5) is 25.8. The maximum Gasteiger partial charge on any atom is 0.288 e. The van der Waals surface area contributed by atoms with Crippen molar-refractivity contribution in [2.45, 2.75) is 46.1 Å². The van der Waals surface area contributed by atoms with Crippen LogP contribution in [0.15, 0.2) is 45.6 Å². The first-order valence-corrected chi connectivity index (χ1v) is 9.16. The lowest BCUT2D eigenvalue weighted by molar-refractivity contribution is 0.0938. The number of hydrogen-bond donors (Lipinski definition) is 1. The van der Waals surface area contributed by atoms with Crippen molar-refractivity contribution in [3.63, 3.8) is 0 Å². The molecule has 0 bridgehead atoms. The number of carbonyl (C=O) groups is 1. The molecule has 0 radical (unpaired) electrons. The minimum Gasteiger partial charge on any atom is -0.450 e. The monoisotopic (exact) mass is 361 g/mol. The highest BCUT2D eigenvalue weighted by atomic mass is 16.3. The van der Waals surface area contributed by atoms with E-state index < -0.39 is 6.04 Å². The highest BCUT2D eigenvalue weighted by Crippen LogP contribution is 2.33. The summed E-state index contributed by atoms with van der Waals surface area (Å²) in [6, 6.07) is 11.3. The van der Waals surface area contributed by atoms with Gasteiger partial charge in [-0.25, -0.2) is 0 Å². The van der Waals surface area contributed by atoms with Crippen LogP contribution in [0.1, 0.15) is 65.2 Å². The lowest BCUT2D eigenvalue weighted by atomic mass is 9.86. The first-order valence-electron chi connectivity index (χ1n) is 9.16. The van der Waals surface area contributed by atoms with Crippen LogP contribution in [0.2, 0.25) is 0 Å². The minimum absolute atomic E-state index is 0.0412. The average Bonchev–Trinajstić information content (AvgIpc) is 2.91. The van der Waals surface area contributed by atoms with Gasteiger partial charge in [0.1, 0.15) is 5.58 Å². The van der Waals surface area contributed by atoms with Crippen molar-refractivity contribution in [2.75, 3.05) is 0 Å². The van der Waals surface area contributed by atoms with Crippen LogP contribution in [0.4, 0.5) is 0 Å². The number of fused-ring (bicyclic) bond motifs is 2. The summed E-state index contributed by atoms with van der Waals surface area (Å²) in [7, 11) is 0. The maximum absolute atomic E-state index is 13.3. The molecule has 0 fully saturated rings. The van der Waals surface area contributed by atoms with Gasteiger partial charge in [-0.3, -0.25) is 9.59 Å². The van der Waals surface area contributed by atoms with E-state index in [0.717, 1.165) is 16.7 Å². The van der Waals surface area contributed by atoms with Gasteiger partial charge in [-0.15, -0.1) is 0 Å². The quantitative estimate of drug-likeness (QED) is 0.692. The predicted octanol–water partition coefficient (Wildman–Crippen LogP) is 4.54. The van der Waals surface area contributed by atoms with Gasteiger partial charge in [0.25, 0.3) is 5.91 Å². The molecule has 2 heterocycles. The lowest BCUT2D eigenvalue weighted by Gasteiger charge is -2.20. The Morgan fingerprint density at radius 2 is 1.67 bits per heavy atom. The Morgan fingerprint density at radius 1 is 1.00 bits per heavy atom. The molecule has 1 unspecified atom stereocenters. The molecule has 4 rings (SSSR count). The number of rotatable bonds is 1. The summed E-state index contributed by atoms with van der Waals surface area (Å²) in [6.45, 7) is 10.3. The molecule has 1 N–H and O–H groups in total. The van der Waals surface area contributed by atoms with Crippen molar-refractivity contribution < 1.29 is 9.21 Å². The van der Waals surface area contributed by atoms with E-state index in [-0.39, 0.29) is 22.5 Å². The molecule has 4 heteroatoms. The maximum atomic E-state index is 13.3. The number of aryl methyl sites for hydroxylation is 2. The number of nitrogens with one attached hydrogen (secondary N) is 1. The van der Waals surface area contributed by atoms with Crippen molar-refractivity contribution in [2.24, 2.45) is 0 Å². The van der Waals surface area contributed by atoms with Crippen molar-refractivity contribution in [1.29, 1.82) is 0 Å². The fraction of sp³-hybridized carbons (Fsp3) is 0.304. The third-order valence-electron chi connectivity index (χ3n) is 5.25. The molecule has 0 saturated carbocycles. The molecule has 4 nitrogen and oxygen atoms in total. The summed E-state index contributed by atoms with van der Waals surface area (Å²) in [5.74, 6) is -0.213. The van der Waals surface area contributed by atoms with Crippen molar-refractivity contribution >= 4 is 16.9 Å². The van der Waals surface area contributed by atoms with E-state index in [1.54, 1.807) is 0 Å². The number of amides is 1. The Hall–Kier alpha value is -2.88. The summed E-state index contributed by atoms with van der Waals surface area (Å²) in [6.07, 6.45) is 0. The van der Waals surface area contributed by atoms with Gasteiger partial charge in [-0.1, -0.05) is 51.1 Å². The molecule has 1 atom stereocenters. The van der Waals surface area contributed by atoms with Gasteiger partial charge in [0.2, 0.25) is 5.76 Å². The summed E-state index contributed by atoms with van der Waals surface area (Å²) < 4.78 is 5.88. The van der Waals surface area contributed by atoms with Crippen LogP contribution in [0.5, 0.6) is 0 Å². The van der Waals surface area contributed by atoms with Crippen LogP contribution in [-0.2, 0) is 5.41 Å². The van der Waals surface area contributed by atoms with E-state index in [0.29, 0.717) is 16.5 Å². The molecule has 0 saturated heterocycles. The van der Waals surface area contributed by atoms with Crippen molar-refractivity contribution in [3.05, 3.63) is 80.2 Å². The van der Waals surface area contributed by atoms with Crippen LogP contribution in [0.3, 0.4) is 0 Å². The van der Waals surface area contributed by atoms with E-state index in [4.69, 9.17) is 4.42 Å². The van der Waals surface area contributed by atoms with Crippen LogP contribution in [0, 0.1) is 13.8 Å². The molecule has 0 aliphatic carbocycles. The Labute approximate surface area is 158 Å². The third kappa shape index (κ3) is 2.76. The van der Waals surface area contributed by atoms with Gasteiger partial charge >= 0.3 is 0 Å². The SMILES string of the molecule is Cc1cc(C)c2c(=O)c3c(oc2c1)C(=O)NC3c1ccc(C(C)(C)C)cc1. The zero-order valence-electron chi connectivity index (χ0n) is 16.3. The van der Waals surface area contributed by atoms with E-state index >= 15 is 0 Å². The highest BCUT2D eigenvalue weighted by molar-refractivity contribution is 5.99. The van der Waals surface area contributed by atoms with Gasteiger partial charge < -0.3 is 9.73 Å². The molecule has 1 aromatic heterocycles. The highest BCUT2D eigenvalue weighted by Gasteiger charge is 2.36. The smallest absolute Gasteiger partial charge is 0.288 e. The molecule has 1 amide bonds. The Balaban J connectivity index is 1.91. The predicted molar refractivity (Wildman–Crippen MR) is 106 cm³/mol. The lowest BCUT2D eigenvalue weighted by Crippen LogP contribution is -2.22. The van der Waals surface area contributed by atoms with Crippen LogP contribution in [-0.4, -0.2) is 5.91 Å². The second-order valence-electron chi connectivity index (χ2n) is 8.41. The first-order chi connectivity index (χ1) is 12.7. The molecule has 2 aromatic carbocycles. The number of benzene rings is 2. The molecule has 1 aliphatic heterocycles. The molecule has 27 heavy (non-hydrogen) atoms. The van der Waals surface area contributed by atoms with Gasteiger partial charge in [-0.05, 0) is 47.6 Å². The minimum atomic E-state index is -0.483. The van der Waals surface area contributed by atoms with Gasteiger partial charge in [0, 0.05) is 0 Å². The first kappa shape index (κ1) is 17.5. The van der Waals surface area contributed by atoms with Crippen LogP contribution >= 0.6 is 0 Å². The largest absolute Gasteiger partial charge is 0.450 e. The topological polar surface area (TPSA) is 59.3 Å². The fourth-order valence-electron chi connectivity index (χ4n) is 3.83. The van der Waals surface area contributed by atoms with Crippen LogP contribution in [0.25, 0.3) is 11.0 Å². The summed E-state index contributed by atoms with van der Waals surface area (Å²) >= 11 is 0. The van der Waals surface area contributed by atoms with Crippen molar-refractivity contribution in [1.82, 2.24) is 5.32 Å². The van der Waals surface area contributed by atoms with Crippen LogP contribution < -0.4 is 10.7 Å². The normalized spacial score (nSPS) is 16.5. The summed E-state index contributed by atoms with van der Waals surface area (Å²) in [5, 5.41) is 3.46. The van der Waals surface area contributed by atoms with E-state index in [9.17, 15) is 9.59 Å². The third-order valence-corrected chi connectivity index (χ3v) is 5.25. The van der Waals surface area contributed by atoms with Gasteiger partial charge in [-0.2, -0.15) is 0 Å². The molecule has 138 valence electrons. The zero-order chi connectivity index (χ0) is 19.5. The Bertz CT molecular complexity index is 1130. The second kappa shape index (κ2) is 5.81. The van der Waals surface area contributed by atoms with Gasteiger partial charge in [0.05, 0.1) is 17.0 Å². The fourth-order valence-corrected chi connectivity index (χ4v) is 3.83. The van der Waals surface area contributed by atoms with E-state index in [2.05, 4.69) is 38.2 Å². The standard InChI is InChI=1S/C23H23NO3/c1-12-10-13(2)17-16(11-12)27-21-18(20(17)25)19(24-22(21)26)14-6-8-15(9-7-14)23(3,4)5/h6-11,19H,1-5H3,(H,24,26). The molecular weight excluding hydrogens is 338 g/mol. The molecule has 0 spiro atoms. The van der Waals surface area contributed by atoms with Crippen molar-refractivity contribution in [3.8, 4) is 0 Å². The molecule has 3 aromatic rings.